The Bertz CT molecular complexity index is 1650. The van der Waals surface area contributed by atoms with Gasteiger partial charge < -0.3 is 9.84 Å². The Morgan fingerprint density at radius 1 is 0.897 bits per heavy atom. The SMILES string of the molecule is O=C(O)c1ccc(COc2cccc(-c3c(Cc4ccc(Cl)cc4)cnc4c(C(F)(F)F)cccc34)c2)cc1. The van der Waals surface area contributed by atoms with Gasteiger partial charge >= 0.3 is 12.1 Å². The minimum Gasteiger partial charge on any atom is -0.489 e. The van der Waals surface area contributed by atoms with Crippen LogP contribution in [0, 0.1) is 0 Å². The normalized spacial score (nSPS) is 11.5. The molecular formula is C31H21ClF3NO3. The molecule has 0 aliphatic rings. The number of hydrogen-bond acceptors (Lipinski definition) is 3. The summed E-state index contributed by atoms with van der Waals surface area (Å²) in [5.74, 6) is -0.493. The average molecular weight is 548 g/mol. The number of carbonyl (C=O) groups is 1. The maximum atomic E-state index is 13.8. The highest BCUT2D eigenvalue weighted by molar-refractivity contribution is 6.30. The van der Waals surface area contributed by atoms with Crippen molar-refractivity contribution < 1.29 is 27.8 Å². The van der Waals surface area contributed by atoms with Crippen LogP contribution < -0.4 is 4.74 Å². The molecule has 0 aliphatic heterocycles. The van der Waals surface area contributed by atoms with Crippen LogP contribution in [0.1, 0.15) is 32.6 Å². The predicted molar refractivity (Wildman–Crippen MR) is 144 cm³/mol. The zero-order valence-corrected chi connectivity index (χ0v) is 21.1. The van der Waals surface area contributed by atoms with E-state index in [1.54, 1.807) is 48.5 Å². The molecule has 196 valence electrons. The minimum absolute atomic E-state index is 0.121. The van der Waals surface area contributed by atoms with Crippen molar-refractivity contribution >= 4 is 28.5 Å². The van der Waals surface area contributed by atoms with Crippen LogP contribution >= 0.6 is 11.6 Å². The summed E-state index contributed by atoms with van der Waals surface area (Å²) >= 11 is 6.03. The molecule has 0 radical (unpaired) electrons. The molecule has 0 saturated heterocycles. The van der Waals surface area contributed by atoms with Gasteiger partial charge in [-0.05, 0) is 76.7 Å². The van der Waals surface area contributed by atoms with E-state index < -0.39 is 17.7 Å². The smallest absolute Gasteiger partial charge is 0.418 e. The zero-order valence-electron chi connectivity index (χ0n) is 20.4. The molecule has 1 heterocycles. The lowest BCUT2D eigenvalue weighted by Gasteiger charge is -2.17. The van der Waals surface area contributed by atoms with Crippen molar-refractivity contribution in [3.63, 3.8) is 0 Å². The van der Waals surface area contributed by atoms with Crippen molar-refractivity contribution in [2.45, 2.75) is 19.2 Å². The first-order valence-corrected chi connectivity index (χ1v) is 12.3. The third-order valence-electron chi connectivity index (χ3n) is 6.32. The van der Waals surface area contributed by atoms with E-state index in [9.17, 15) is 18.0 Å². The third kappa shape index (κ3) is 5.89. The van der Waals surface area contributed by atoms with E-state index in [2.05, 4.69) is 4.98 Å². The summed E-state index contributed by atoms with van der Waals surface area (Å²) in [6.45, 7) is 0.191. The van der Waals surface area contributed by atoms with Crippen LogP contribution in [0.2, 0.25) is 5.02 Å². The van der Waals surface area contributed by atoms with Crippen molar-refractivity contribution in [3.8, 4) is 16.9 Å². The first kappa shape index (κ1) is 26.3. The summed E-state index contributed by atoms with van der Waals surface area (Å²) in [6.07, 6.45) is -2.62. The van der Waals surface area contributed by atoms with Gasteiger partial charge in [-0.3, -0.25) is 4.98 Å². The van der Waals surface area contributed by atoms with Crippen LogP contribution in [0.4, 0.5) is 13.2 Å². The topological polar surface area (TPSA) is 59.4 Å². The molecular weight excluding hydrogens is 527 g/mol. The van der Waals surface area contributed by atoms with Crippen LogP contribution in [0.3, 0.4) is 0 Å². The number of halogens is 4. The number of fused-ring (bicyclic) bond motifs is 1. The molecule has 0 bridgehead atoms. The van der Waals surface area contributed by atoms with E-state index in [-0.39, 0.29) is 17.7 Å². The summed E-state index contributed by atoms with van der Waals surface area (Å²) in [6, 6.07) is 24.9. The van der Waals surface area contributed by atoms with Crippen molar-refractivity contribution in [2.24, 2.45) is 0 Å². The molecule has 1 aromatic heterocycles. The number of rotatable bonds is 7. The molecule has 39 heavy (non-hydrogen) atoms. The Morgan fingerprint density at radius 2 is 1.59 bits per heavy atom. The van der Waals surface area contributed by atoms with Gasteiger partial charge in [0, 0.05) is 16.6 Å². The Labute approximate surface area is 227 Å². The number of carboxylic acids is 1. The molecule has 5 aromatic rings. The third-order valence-corrected chi connectivity index (χ3v) is 6.57. The van der Waals surface area contributed by atoms with E-state index in [4.69, 9.17) is 21.4 Å². The largest absolute Gasteiger partial charge is 0.489 e. The Kier molecular flexibility index (Phi) is 7.26. The average Bonchev–Trinajstić information content (AvgIpc) is 2.92. The van der Waals surface area contributed by atoms with Crippen LogP contribution in [0.5, 0.6) is 5.75 Å². The minimum atomic E-state index is -4.55. The highest BCUT2D eigenvalue weighted by Crippen LogP contribution is 2.39. The molecule has 0 fully saturated rings. The highest BCUT2D eigenvalue weighted by atomic mass is 35.5. The van der Waals surface area contributed by atoms with Gasteiger partial charge in [-0.15, -0.1) is 0 Å². The Morgan fingerprint density at radius 3 is 2.28 bits per heavy atom. The summed E-state index contributed by atoms with van der Waals surface area (Å²) in [7, 11) is 0. The second-order valence-corrected chi connectivity index (χ2v) is 9.42. The molecule has 8 heteroatoms. The van der Waals surface area contributed by atoms with E-state index in [1.807, 2.05) is 18.2 Å². The maximum Gasteiger partial charge on any atom is 0.418 e. The number of alkyl halides is 3. The monoisotopic (exact) mass is 547 g/mol. The number of aromatic carboxylic acids is 1. The summed E-state index contributed by atoms with van der Waals surface area (Å²) in [4.78, 5) is 15.3. The predicted octanol–water partition coefficient (Wildman–Crippen LogP) is 8.44. The standard InChI is InChI=1S/C31H21ClF3NO3/c32-24-13-9-19(10-14-24)15-23-17-36-29-26(5-2-6-27(29)31(33,34)35)28(23)22-3-1-4-25(16-22)39-18-20-7-11-21(12-8-20)30(37)38/h1-14,16-17H,15,18H2,(H,37,38). The van der Waals surface area contributed by atoms with Crippen molar-refractivity contribution in [3.05, 3.63) is 130 Å². The van der Waals surface area contributed by atoms with Crippen LogP contribution in [-0.2, 0) is 19.2 Å². The molecule has 4 aromatic carbocycles. The van der Waals surface area contributed by atoms with E-state index in [1.165, 1.54) is 24.4 Å². The molecule has 0 spiro atoms. The fourth-order valence-corrected chi connectivity index (χ4v) is 4.57. The number of carboxylic acid groups (broad SMARTS) is 1. The van der Waals surface area contributed by atoms with Crippen molar-refractivity contribution in [2.75, 3.05) is 0 Å². The number of nitrogens with zero attached hydrogens (tertiary/aromatic N) is 1. The van der Waals surface area contributed by atoms with Crippen LogP contribution in [0.15, 0.2) is 97.2 Å². The van der Waals surface area contributed by atoms with E-state index >= 15 is 0 Å². The van der Waals surface area contributed by atoms with Crippen molar-refractivity contribution in [1.82, 2.24) is 4.98 Å². The number of aromatic nitrogens is 1. The second-order valence-electron chi connectivity index (χ2n) is 8.98. The lowest BCUT2D eigenvalue weighted by molar-refractivity contribution is -0.136. The molecule has 0 unspecified atom stereocenters. The van der Waals surface area contributed by atoms with Gasteiger partial charge in [-0.2, -0.15) is 13.2 Å². The van der Waals surface area contributed by atoms with Gasteiger partial charge in [0.25, 0.3) is 0 Å². The number of hydrogen-bond donors (Lipinski definition) is 1. The summed E-state index contributed by atoms with van der Waals surface area (Å²) < 4.78 is 47.4. The first-order chi connectivity index (χ1) is 18.7. The van der Waals surface area contributed by atoms with E-state index in [0.29, 0.717) is 33.7 Å². The Balaban J connectivity index is 1.55. The second kappa shape index (κ2) is 10.8. The van der Waals surface area contributed by atoms with E-state index in [0.717, 1.165) is 22.8 Å². The quantitative estimate of drug-likeness (QED) is 0.222. The molecule has 0 aliphatic carbocycles. The van der Waals surface area contributed by atoms with Gasteiger partial charge in [0.2, 0.25) is 0 Å². The lowest BCUT2D eigenvalue weighted by Crippen LogP contribution is -2.07. The molecule has 1 N–H and O–H groups in total. The zero-order chi connectivity index (χ0) is 27.6. The lowest BCUT2D eigenvalue weighted by atomic mass is 9.92. The highest BCUT2D eigenvalue weighted by Gasteiger charge is 2.33. The molecule has 0 atom stereocenters. The van der Waals surface area contributed by atoms with Crippen LogP contribution in [0.25, 0.3) is 22.0 Å². The Hall–Kier alpha value is -4.36. The van der Waals surface area contributed by atoms with Gasteiger partial charge in [0.1, 0.15) is 12.4 Å². The van der Waals surface area contributed by atoms with Crippen LogP contribution in [-0.4, -0.2) is 16.1 Å². The molecule has 5 rings (SSSR count). The number of pyridine rings is 1. The number of benzene rings is 4. The fraction of sp³-hybridized carbons (Fsp3) is 0.0968. The first-order valence-electron chi connectivity index (χ1n) is 12.0. The van der Waals surface area contributed by atoms with Crippen molar-refractivity contribution in [1.29, 1.82) is 0 Å². The van der Waals surface area contributed by atoms with Gasteiger partial charge in [0.15, 0.2) is 0 Å². The maximum absolute atomic E-state index is 13.8. The fourth-order valence-electron chi connectivity index (χ4n) is 4.44. The molecule has 4 nitrogen and oxygen atoms in total. The number of para-hydroxylation sites is 1. The molecule has 0 amide bonds. The number of ether oxygens (including phenoxy) is 1. The molecule has 0 saturated carbocycles. The van der Waals surface area contributed by atoms with Gasteiger partial charge in [-0.1, -0.05) is 60.1 Å². The summed E-state index contributed by atoms with van der Waals surface area (Å²) in [5.41, 5.74) is 3.05. The van der Waals surface area contributed by atoms with Gasteiger partial charge in [0.05, 0.1) is 16.6 Å². The van der Waals surface area contributed by atoms with Gasteiger partial charge in [-0.25, -0.2) is 4.79 Å². The summed E-state index contributed by atoms with van der Waals surface area (Å²) in [5, 5.41) is 10.1.